The van der Waals surface area contributed by atoms with E-state index < -0.39 is 11.6 Å². The lowest BCUT2D eigenvalue weighted by Crippen LogP contribution is -2.13. The van der Waals surface area contributed by atoms with Crippen LogP contribution in [-0.2, 0) is 17.8 Å². The molecule has 0 spiro atoms. The largest absolute Gasteiger partial charge is 0.493 e. The lowest BCUT2D eigenvalue weighted by Gasteiger charge is -2.20. The molecule has 2 rings (SSSR count). The maximum absolute atomic E-state index is 13.5. The molecule has 1 aliphatic rings. The molecule has 0 aromatic heterocycles. The number of nitrogens with zero attached hydrogens (tertiary/aromatic N) is 1. The van der Waals surface area contributed by atoms with E-state index in [1.165, 1.54) is 6.08 Å². The molecule has 84 valence electrons. The highest BCUT2D eigenvalue weighted by Crippen LogP contribution is 2.33. The first-order valence-corrected chi connectivity index (χ1v) is 4.90. The molecule has 0 radical (unpaired) electrons. The Labute approximate surface area is 90.8 Å². The number of isocyanates is 1. The number of halogens is 2. The summed E-state index contributed by atoms with van der Waals surface area (Å²) in [6.45, 7) is 0.256. The van der Waals surface area contributed by atoms with Gasteiger partial charge in [0.15, 0.2) is 0 Å². The number of ether oxygens (including phenoxy) is 1. The summed E-state index contributed by atoms with van der Waals surface area (Å²) >= 11 is 0. The van der Waals surface area contributed by atoms with Crippen molar-refractivity contribution in [3.63, 3.8) is 0 Å². The van der Waals surface area contributed by atoms with E-state index in [4.69, 9.17) is 4.74 Å². The van der Waals surface area contributed by atoms with E-state index in [2.05, 4.69) is 4.99 Å². The van der Waals surface area contributed by atoms with Crippen molar-refractivity contribution < 1.29 is 18.3 Å². The number of fused-ring (bicyclic) bond motifs is 1. The van der Waals surface area contributed by atoms with Crippen molar-refractivity contribution in [2.45, 2.75) is 19.4 Å². The van der Waals surface area contributed by atoms with E-state index in [0.29, 0.717) is 25.0 Å². The fraction of sp³-hybridized carbons (Fsp3) is 0.364. The van der Waals surface area contributed by atoms with Gasteiger partial charge >= 0.3 is 0 Å². The van der Waals surface area contributed by atoms with Crippen molar-refractivity contribution in [3.05, 3.63) is 28.8 Å². The van der Waals surface area contributed by atoms with Gasteiger partial charge in [-0.1, -0.05) is 0 Å². The van der Waals surface area contributed by atoms with Crippen molar-refractivity contribution in [2.75, 3.05) is 6.61 Å². The molecule has 0 unspecified atom stereocenters. The average molecular weight is 225 g/mol. The molecule has 3 nitrogen and oxygen atoms in total. The first kappa shape index (κ1) is 10.8. The van der Waals surface area contributed by atoms with Crippen LogP contribution in [0.3, 0.4) is 0 Å². The van der Waals surface area contributed by atoms with Crippen molar-refractivity contribution in [3.8, 4) is 5.75 Å². The summed E-state index contributed by atoms with van der Waals surface area (Å²) in [5.41, 5.74) is 0.489. The van der Waals surface area contributed by atoms with Crippen LogP contribution in [0.4, 0.5) is 8.78 Å². The molecule has 0 saturated carbocycles. The summed E-state index contributed by atoms with van der Waals surface area (Å²) < 4.78 is 32.1. The van der Waals surface area contributed by atoms with Crippen LogP contribution in [0.5, 0.6) is 5.75 Å². The van der Waals surface area contributed by atoms with Crippen LogP contribution in [0.1, 0.15) is 17.5 Å². The Morgan fingerprint density at radius 1 is 1.44 bits per heavy atom. The van der Waals surface area contributed by atoms with Crippen LogP contribution in [0.15, 0.2) is 11.1 Å². The fourth-order valence-electron chi connectivity index (χ4n) is 1.77. The monoisotopic (exact) mass is 225 g/mol. The molecule has 0 bridgehead atoms. The minimum absolute atomic E-state index is 0.124. The standard InChI is InChI=1S/C11H9F2NO2/c12-9-4-10(13)8(5-14-6-15)11-7(9)2-1-3-16-11/h4H,1-3,5H2. The fourth-order valence-corrected chi connectivity index (χ4v) is 1.77. The number of hydrogen-bond acceptors (Lipinski definition) is 3. The van der Waals surface area contributed by atoms with E-state index in [1.807, 2.05) is 0 Å². The van der Waals surface area contributed by atoms with E-state index in [1.54, 1.807) is 0 Å². The number of aliphatic imine (C=N–C) groups is 1. The Balaban J connectivity index is 2.53. The Morgan fingerprint density at radius 2 is 2.25 bits per heavy atom. The Morgan fingerprint density at radius 3 is 3.00 bits per heavy atom. The number of benzene rings is 1. The van der Waals surface area contributed by atoms with Crippen molar-refractivity contribution >= 4 is 6.08 Å². The normalized spacial score (nSPS) is 13.6. The minimum Gasteiger partial charge on any atom is -0.493 e. The average Bonchev–Trinajstić information content (AvgIpc) is 2.29. The molecule has 0 fully saturated rings. The summed E-state index contributed by atoms with van der Waals surface area (Å²) in [7, 11) is 0. The highest BCUT2D eigenvalue weighted by atomic mass is 19.1. The third-order valence-electron chi connectivity index (χ3n) is 2.50. The zero-order valence-corrected chi connectivity index (χ0v) is 8.43. The van der Waals surface area contributed by atoms with Crippen molar-refractivity contribution in [2.24, 2.45) is 4.99 Å². The SMILES string of the molecule is O=C=NCc1c(F)cc(F)c2c1OCCC2. The molecule has 1 aromatic carbocycles. The van der Waals surface area contributed by atoms with E-state index in [9.17, 15) is 13.6 Å². The second-order valence-corrected chi connectivity index (χ2v) is 3.49. The maximum Gasteiger partial charge on any atom is 0.235 e. The van der Waals surface area contributed by atoms with Gasteiger partial charge in [-0.25, -0.2) is 18.6 Å². The molecule has 0 N–H and O–H groups in total. The van der Waals surface area contributed by atoms with E-state index in [-0.39, 0.29) is 17.9 Å². The van der Waals surface area contributed by atoms with Gasteiger partial charge in [0.2, 0.25) is 6.08 Å². The van der Waals surface area contributed by atoms with Crippen LogP contribution in [0, 0.1) is 11.6 Å². The van der Waals surface area contributed by atoms with Crippen molar-refractivity contribution in [1.82, 2.24) is 0 Å². The predicted octanol–water partition coefficient (Wildman–Crippen LogP) is 2.13. The quantitative estimate of drug-likeness (QED) is 0.571. The molecule has 0 aliphatic carbocycles. The molecule has 0 atom stereocenters. The molecular weight excluding hydrogens is 216 g/mol. The first-order valence-electron chi connectivity index (χ1n) is 4.90. The zero-order chi connectivity index (χ0) is 11.5. The number of hydrogen-bond donors (Lipinski definition) is 0. The van der Waals surface area contributed by atoms with Gasteiger partial charge in [0.1, 0.15) is 17.4 Å². The Hall–Kier alpha value is -1.74. The van der Waals surface area contributed by atoms with E-state index in [0.717, 1.165) is 6.07 Å². The van der Waals surface area contributed by atoms with Gasteiger partial charge < -0.3 is 4.74 Å². The highest BCUT2D eigenvalue weighted by Gasteiger charge is 2.22. The van der Waals surface area contributed by atoms with Gasteiger partial charge in [-0.2, -0.15) is 0 Å². The summed E-state index contributed by atoms with van der Waals surface area (Å²) in [5.74, 6) is -1.15. The Kier molecular flexibility index (Phi) is 2.97. The van der Waals surface area contributed by atoms with Gasteiger partial charge in [0.25, 0.3) is 0 Å². The lowest BCUT2D eigenvalue weighted by molar-refractivity contribution is 0.278. The van der Waals surface area contributed by atoms with E-state index >= 15 is 0 Å². The minimum atomic E-state index is -0.739. The smallest absolute Gasteiger partial charge is 0.235 e. The number of rotatable bonds is 2. The third-order valence-corrected chi connectivity index (χ3v) is 2.50. The van der Waals surface area contributed by atoms with Gasteiger partial charge in [0.05, 0.1) is 18.7 Å². The Bertz CT molecular complexity index is 468. The van der Waals surface area contributed by atoms with Crippen LogP contribution in [0.2, 0.25) is 0 Å². The number of carbonyl (C=O) groups excluding carboxylic acids is 1. The topological polar surface area (TPSA) is 38.7 Å². The molecule has 5 heteroatoms. The summed E-state index contributed by atoms with van der Waals surface area (Å²) in [6, 6.07) is 0.809. The molecule has 1 aromatic rings. The van der Waals surface area contributed by atoms with Crippen molar-refractivity contribution in [1.29, 1.82) is 0 Å². The zero-order valence-electron chi connectivity index (χ0n) is 8.43. The van der Waals surface area contributed by atoms with Crippen LogP contribution in [-0.4, -0.2) is 12.7 Å². The lowest BCUT2D eigenvalue weighted by atomic mass is 10.0. The van der Waals surface area contributed by atoms with Gasteiger partial charge in [-0.15, -0.1) is 0 Å². The van der Waals surface area contributed by atoms with Gasteiger partial charge in [-0.05, 0) is 12.8 Å². The van der Waals surface area contributed by atoms with Crippen LogP contribution in [0.25, 0.3) is 0 Å². The highest BCUT2D eigenvalue weighted by molar-refractivity contribution is 5.45. The maximum atomic E-state index is 13.5. The summed E-state index contributed by atoms with van der Waals surface area (Å²) in [4.78, 5) is 13.3. The van der Waals surface area contributed by atoms with Crippen LogP contribution >= 0.6 is 0 Å². The molecule has 1 aliphatic heterocycles. The predicted molar refractivity (Wildman–Crippen MR) is 52.0 cm³/mol. The molecular formula is C11H9F2NO2. The summed E-state index contributed by atoms with van der Waals surface area (Å²) in [6.07, 6.45) is 2.54. The summed E-state index contributed by atoms with van der Waals surface area (Å²) in [5, 5.41) is 0. The van der Waals surface area contributed by atoms with Gasteiger partial charge in [-0.3, -0.25) is 0 Å². The molecule has 0 amide bonds. The molecule has 1 heterocycles. The molecule has 16 heavy (non-hydrogen) atoms. The van der Waals surface area contributed by atoms with Crippen LogP contribution < -0.4 is 4.74 Å². The second kappa shape index (κ2) is 4.41. The second-order valence-electron chi connectivity index (χ2n) is 3.49. The first-order chi connectivity index (χ1) is 7.74. The molecule has 0 saturated heterocycles. The third kappa shape index (κ3) is 1.82. The van der Waals surface area contributed by atoms with Gasteiger partial charge in [0, 0.05) is 11.6 Å².